The Morgan fingerprint density at radius 2 is 1.03 bits per heavy atom. The van der Waals surface area contributed by atoms with Gasteiger partial charge in [0.1, 0.15) is 24.4 Å². The Morgan fingerprint density at radius 3 is 1.43 bits per heavy atom. The predicted molar refractivity (Wildman–Crippen MR) is 136 cm³/mol. The Hall–Kier alpha value is -2.80. The highest BCUT2D eigenvalue weighted by molar-refractivity contribution is 5.16. The molecule has 3 aromatic carbocycles. The SMILES string of the molecule is C=CC[C@@H]1O[C@H](CO)[C@@H](OCc2ccccc2)[C@H](OCc2ccccc2)[C@H]1OCc1ccccc1. The van der Waals surface area contributed by atoms with Crippen molar-refractivity contribution in [2.24, 2.45) is 0 Å². The lowest BCUT2D eigenvalue weighted by atomic mass is 9.92. The minimum atomic E-state index is -0.541. The van der Waals surface area contributed by atoms with E-state index in [1.54, 1.807) is 0 Å². The monoisotopic (exact) mass is 474 g/mol. The Balaban J connectivity index is 1.58. The summed E-state index contributed by atoms with van der Waals surface area (Å²) in [6.45, 7) is 4.93. The highest BCUT2D eigenvalue weighted by Crippen LogP contribution is 2.31. The number of hydrogen-bond acceptors (Lipinski definition) is 5. The average molecular weight is 475 g/mol. The molecule has 0 saturated carbocycles. The van der Waals surface area contributed by atoms with Crippen LogP contribution in [0.5, 0.6) is 0 Å². The van der Waals surface area contributed by atoms with Gasteiger partial charge in [-0.2, -0.15) is 0 Å². The van der Waals surface area contributed by atoms with E-state index in [-0.39, 0.29) is 12.7 Å². The normalized spacial score (nSPS) is 24.2. The van der Waals surface area contributed by atoms with Crippen LogP contribution >= 0.6 is 0 Å². The summed E-state index contributed by atoms with van der Waals surface area (Å²) in [5.41, 5.74) is 3.17. The largest absolute Gasteiger partial charge is 0.394 e. The summed E-state index contributed by atoms with van der Waals surface area (Å²) < 4.78 is 25.6. The third-order valence-corrected chi connectivity index (χ3v) is 6.16. The summed E-state index contributed by atoms with van der Waals surface area (Å²) in [4.78, 5) is 0. The van der Waals surface area contributed by atoms with Gasteiger partial charge in [0.2, 0.25) is 0 Å². The van der Waals surface area contributed by atoms with Crippen LogP contribution in [0.25, 0.3) is 0 Å². The molecular weight excluding hydrogens is 440 g/mol. The quantitative estimate of drug-likeness (QED) is 0.371. The highest BCUT2D eigenvalue weighted by Gasteiger charge is 2.47. The van der Waals surface area contributed by atoms with Crippen LogP contribution in [0, 0.1) is 0 Å². The molecule has 5 atom stereocenters. The fraction of sp³-hybridized carbons (Fsp3) is 0.333. The first-order valence-corrected chi connectivity index (χ1v) is 12.1. The molecule has 1 N–H and O–H groups in total. The van der Waals surface area contributed by atoms with Crippen LogP contribution in [0.3, 0.4) is 0 Å². The number of hydrogen-bond donors (Lipinski definition) is 1. The van der Waals surface area contributed by atoms with Gasteiger partial charge in [-0.3, -0.25) is 0 Å². The van der Waals surface area contributed by atoms with Crippen molar-refractivity contribution in [3.63, 3.8) is 0 Å². The van der Waals surface area contributed by atoms with E-state index >= 15 is 0 Å². The minimum Gasteiger partial charge on any atom is -0.394 e. The summed E-state index contributed by atoms with van der Waals surface area (Å²) in [6.07, 6.45) is 0.181. The smallest absolute Gasteiger partial charge is 0.115 e. The van der Waals surface area contributed by atoms with Crippen molar-refractivity contribution in [1.29, 1.82) is 0 Å². The molecule has 184 valence electrons. The van der Waals surface area contributed by atoms with Gasteiger partial charge < -0.3 is 24.1 Å². The number of rotatable bonds is 12. The zero-order valence-corrected chi connectivity index (χ0v) is 19.9. The van der Waals surface area contributed by atoms with E-state index in [9.17, 15) is 5.11 Å². The molecule has 0 radical (unpaired) electrons. The molecule has 1 aliphatic rings. The maximum atomic E-state index is 10.2. The van der Waals surface area contributed by atoms with E-state index in [4.69, 9.17) is 18.9 Å². The van der Waals surface area contributed by atoms with Gasteiger partial charge in [-0.15, -0.1) is 6.58 Å². The summed E-state index contributed by atoms with van der Waals surface area (Å²) in [7, 11) is 0. The van der Waals surface area contributed by atoms with Gasteiger partial charge in [-0.1, -0.05) is 97.1 Å². The topological polar surface area (TPSA) is 57.2 Å². The maximum Gasteiger partial charge on any atom is 0.115 e. The molecule has 4 rings (SSSR count). The number of benzene rings is 3. The molecule has 0 spiro atoms. The first-order chi connectivity index (χ1) is 17.3. The molecule has 1 heterocycles. The minimum absolute atomic E-state index is 0.177. The standard InChI is InChI=1S/C30H34O5/c1-2-12-26-28(32-20-23-13-6-3-7-14-23)30(34-22-25-17-10-5-11-18-25)29(27(19-31)35-26)33-21-24-15-8-4-9-16-24/h2-11,13-18,26-31H,1,12,19-22H2/t26-,27+,28-,29+,30+/m0/s1. The summed E-state index contributed by atoms with van der Waals surface area (Å²) in [5.74, 6) is 0. The first-order valence-electron chi connectivity index (χ1n) is 12.1. The van der Waals surface area contributed by atoms with Gasteiger partial charge in [0, 0.05) is 0 Å². The Kier molecular flexibility index (Phi) is 9.64. The van der Waals surface area contributed by atoms with Crippen molar-refractivity contribution in [2.45, 2.75) is 56.8 Å². The molecule has 0 bridgehead atoms. The number of aliphatic hydroxyl groups excluding tert-OH is 1. The fourth-order valence-corrected chi connectivity index (χ4v) is 4.38. The molecule has 0 aliphatic carbocycles. The van der Waals surface area contributed by atoms with Crippen molar-refractivity contribution in [2.75, 3.05) is 6.61 Å². The van der Waals surface area contributed by atoms with Crippen LogP contribution in [0.15, 0.2) is 104 Å². The Bertz CT molecular complexity index is 995. The molecule has 3 aromatic rings. The van der Waals surface area contributed by atoms with Gasteiger partial charge >= 0.3 is 0 Å². The van der Waals surface area contributed by atoms with Gasteiger partial charge in [0.15, 0.2) is 0 Å². The molecule has 5 heteroatoms. The van der Waals surface area contributed by atoms with Crippen LogP contribution in [0.4, 0.5) is 0 Å². The lowest BCUT2D eigenvalue weighted by Crippen LogP contribution is -2.60. The van der Waals surface area contributed by atoms with Crippen molar-refractivity contribution in [3.05, 3.63) is 120 Å². The molecule has 1 saturated heterocycles. The van der Waals surface area contributed by atoms with Crippen LogP contribution in [0.1, 0.15) is 23.1 Å². The third-order valence-electron chi connectivity index (χ3n) is 6.16. The molecule has 5 nitrogen and oxygen atoms in total. The molecule has 35 heavy (non-hydrogen) atoms. The van der Waals surface area contributed by atoms with Gasteiger partial charge in [0.05, 0.1) is 32.5 Å². The number of ether oxygens (including phenoxy) is 4. The Labute approximate surface area is 207 Å². The summed E-state index contributed by atoms with van der Waals surface area (Å²) in [6, 6.07) is 30.0. The van der Waals surface area contributed by atoms with E-state index in [0.717, 1.165) is 16.7 Å². The van der Waals surface area contributed by atoms with E-state index in [2.05, 4.69) is 6.58 Å². The van der Waals surface area contributed by atoms with Gasteiger partial charge in [0.25, 0.3) is 0 Å². The van der Waals surface area contributed by atoms with Crippen molar-refractivity contribution in [3.8, 4) is 0 Å². The van der Waals surface area contributed by atoms with E-state index < -0.39 is 24.4 Å². The first kappa shape index (κ1) is 25.3. The number of aliphatic hydroxyl groups is 1. The zero-order valence-electron chi connectivity index (χ0n) is 19.9. The molecule has 1 aliphatic heterocycles. The summed E-state index contributed by atoms with van der Waals surface area (Å²) in [5, 5.41) is 10.2. The van der Waals surface area contributed by atoms with Crippen LogP contribution < -0.4 is 0 Å². The fourth-order valence-electron chi connectivity index (χ4n) is 4.38. The molecule has 1 fully saturated rings. The van der Waals surface area contributed by atoms with Crippen LogP contribution in [-0.2, 0) is 38.8 Å². The summed E-state index contributed by atoms with van der Waals surface area (Å²) >= 11 is 0. The second-order valence-electron chi connectivity index (χ2n) is 8.70. The second-order valence-corrected chi connectivity index (χ2v) is 8.70. The average Bonchev–Trinajstić information content (AvgIpc) is 2.92. The zero-order chi connectivity index (χ0) is 24.3. The van der Waals surface area contributed by atoms with E-state index in [1.807, 2.05) is 97.1 Å². The van der Waals surface area contributed by atoms with Gasteiger partial charge in [-0.25, -0.2) is 0 Å². The molecule has 0 amide bonds. The molecular formula is C30H34O5. The third kappa shape index (κ3) is 7.10. The van der Waals surface area contributed by atoms with E-state index in [1.165, 1.54) is 0 Å². The predicted octanol–water partition coefficient (Wildman–Crippen LogP) is 5.08. The highest BCUT2D eigenvalue weighted by atomic mass is 16.6. The molecule has 0 aromatic heterocycles. The van der Waals surface area contributed by atoms with Crippen molar-refractivity contribution >= 4 is 0 Å². The lowest BCUT2D eigenvalue weighted by molar-refractivity contribution is -0.269. The Morgan fingerprint density at radius 1 is 0.629 bits per heavy atom. The second kappa shape index (κ2) is 13.3. The van der Waals surface area contributed by atoms with Crippen LogP contribution in [0.2, 0.25) is 0 Å². The maximum absolute atomic E-state index is 10.2. The van der Waals surface area contributed by atoms with Crippen LogP contribution in [-0.4, -0.2) is 42.2 Å². The van der Waals surface area contributed by atoms with Gasteiger partial charge in [-0.05, 0) is 23.1 Å². The molecule has 0 unspecified atom stereocenters. The van der Waals surface area contributed by atoms with E-state index in [0.29, 0.717) is 26.2 Å². The van der Waals surface area contributed by atoms with Crippen molar-refractivity contribution in [1.82, 2.24) is 0 Å². The lowest BCUT2D eigenvalue weighted by Gasteiger charge is -2.46. The van der Waals surface area contributed by atoms with Crippen molar-refractivity contribution < 1.29 is 24.1 Å².